The smallest absolute Gasteiger partial charge is 0.235 e. The van der Waals surface area contributed by atoms with Crippen molar-refractivity contribution in [3.8, 4) is 11.5 Å². The predicted molar refractivity (Wildman–Crippen MR) is 89.1 cm³/mol. The Kier molecular flexibility index (Phi) is 6.15. The molecule has 1 saturated heterocycles. The fraction of sp³-hybridized carbons (Fsp3) is 0.500. The van der Waals surface area contributed by atoms with Gasteiger partial charge in [-0.25, -0.2) is 0 Å². The van der Waals surface area contributed by atoms with E-state index in [1.54, 1.807) is 19.1 Å². The molecule has 1 fully saturated rings. The van der Waals surface area contributed by atoms with Gasteiger partial charge in [0.25, 0.3) is 0 Å². The first-order valence-electron chi connectivity index (χ1n) is 7.46. The van der Waals surface area contributed by atoms with Crippen molar-refractivity contribution in [2.75, 3.05) is 40.4 Å². The van der Waals surface area contributed by atoms with Crippen molar-refractivity contribution in [3.63, 3.8) is 0 Å². The van der Waals surface area contributed by atoms with Crippen LogP contribution in [0.2, 0.25) is 0 Å². The number of thioether (sulfide) groups is 1. The molecule has 6 nitrogen and oxygen atoms in total. The summed E-state index contributed by atoms with van der Waals surface area (Å²) in [6, 6.07) is 5.62. The standard InChI is InChI=1S/C16H22N2O4S/c1-12(16(20)18-8-6-17(11-19)7-9-18)23-13-4-5-14(21-2)15(10-13)22-3/h4-5,10-12H,6-9H2,1-3H3/t12-/m1/s1. The van der Waals surface area contributed by atoms with Gasteiger partial charge in [-0.3, -0.25) is 9.59 Å². The number of benzene rings is 1. The number of hydrogen-bond acceptors (Lipinski definition) is 5. The predicted octanol–water partition coefficient (Wildman–Crippen LogP) is 1.48. The molecule has 0 aliphatic carbocycles. The van der Waals surface area contributed by atoms with E-state index in [9.17, 15) is 9.59 Å². The number of carbonyl (C=O) groups excluding carboxylic acids is 2. The average molecular weight is 338 g/mol. The van der Waals surface area contributed by atoms with Crippen molar-refractivity contribution in [3.05, 3.63) is 18.2 Å². The Bertz CT molecular complexity index is 559. The molecule has 0 unspecified atom stereocenters. The normalized spacial score (nSPS) is 16.0. The quantitative estimate of drug-likeness (QED) is 0.581. The molecule has 0 radical (unpaired) electrons. The van der Waals surface area contributed by atoms with E-state index in [-0.39, 0.29) is 11.2 Å². The molecule has 1 aromatic carbocycles. The van der Waals surface area contributed by atoms with Gasteiger partial charge in [-0.15, -0.1) is 11.8 Å². The van der Waals surface area contributed by atoms with Crippen molar-refractivity contribution in [2.24, 2.45) is 0 Å². The molecule has 0 bridgehead atoms. The van der Waals surface area contributed by atoms with Gasteiger partial charge < -0.3 is 19.3 Å². The molecule has 7 heteroatoms. The van der Waals surface area contributed by atoms with Crippen LogP contribution in [0.15, 0.2) is 23.1 Å². The van der Waals surface area contributed by atoms with E-state index in [1.807, 2.05) is 30.0 Å². The zero-order valence-corrected chi connectivity index (χ0v) is 14.5. The molecule has 2 amide bonds. The second-order valence-electron chi connectivity index (χ2n) is 5.24. The molecule has 23 heavy (non-hydrogen) atoms. The van der Waals surface area contributed by atoms with E-state index in [0.29, 0.717) is 37.7 Å². The second kappa shape index (κ2) is 8.10. The van der Waals surface area contributed by atoms with Gasteiger partial charge in [-0.1, -0.05) is 0 Å². The van der Waals surface area contributed by atoms with E-state index in [4.69, 9.17) is 9.47 Å². The zero-order valence-electron chi connectivity index (χ0n) is 13.7. The molecule has 2 rings (SSSR count). The molecule has 0 aromatic heterocycles. The van der Waals surface area contributed by atoms with Crippen LogP contribution < -0.4 is 9.47 Å². The third-order valence-corrected chi connectivity index (χ3v) is 4.87. The fourth-order valence-corrected chi connectivity index (χ4v) is 3.43. The Morgan fingerprint density at radius 2 is 1.83 bits per heavy atom. The number of rotatable bonds is 6. The highest BCUT2D eigenvalue weighted by Crippen LogP contribution is 2.33. The van der Waals surface area contributed by atoms with Gasteiger partial charge in [-0.2, -0.15) is 0 Å². The van der Waals surface area contributed by atoms with Gasteiger partial charge in [0.05, 0.1) is 19.5 Å². The van der Waals surface area contributed by atoms with Crippen LogP contribution in [0.5, 0.6) is 11.5 Å². The third-order valence-electron chi connectivity index (χ3n) is 3.79. The lowest BCUT2D eigenvalue weighted by Gasteiger charge is -2.33. The summed E-state index contributed by atoms with van der Waals surface area (Å²) < 4.78 is 10.5. The number of hydrogen-bond donors (Lipinski definition) is 0. The number of methoxy groups -OCH3 is 2. The minimum absolute atomic E-state index is 0.0929. The first-order valence-corrected chi connectivity index (χ1v) is 8.33. The second-order valence-corrected chi connectivity index (χ2v) is 6.66. The summed E-state index contributed by atoms with van der Waals surface area (Å²) in [7, 11) is 3.18. The molecular formula is C16H22N2O4S. The summed E-state index contributed by atoms with van der Waals surface area (Å²) in [4.78, 5) is 27.7. The monoisotopic (exact) mass is 338 g/mol. The number of carbonyl (C=O) groups is 2. The number of piperazine rings is 1. The Morgan fingerprint density at radius 3 is 2.39 bits per heavy atom. The van der Waals surface area contributed by atoms with Gasteiger partial charge in [0.15, 0.2) is 11.5 Å². The highest BCUT2D eigenvalue weighted by atomic mass is 32.2. The Labute approximate surface area is 140 Å². The molecule has 1 atom stereocenters. The highest BCUT2D eigenvalue weighted by Gasteiger charge is 2.25. The molecule has 1 heterocycles. The first-order chi connectivity index (χ1) is 11.1. The van der Waals surface area contributed by atoms with Crippen LogP contribution in [0.25, 0.3) is 0 Å². The molecule has 0 spiro atoms. The lowest BCUT2D eigenvalue weighted by Crippen LogP contribution is -2.50. The maximum absolute atomic E-state index is 12.5. The van der Waals surface area contributed by atoms with E-state index >= 15 is 0 Å². The first kappa shape index (κ1) is 17.5. The molecule has 1 aliphatic heterocycles. The Hall–Kier alpha value is -1.89. The van der Waals surface area contributed by atoms with Crippen LogP contribution in [0.3, 0.4) is 0 Å². The topological polar surface area (TPSA) is 59.1 Å². The Morgan fingerprint density at radius 1 is 1.17 bits per heavy atom. The SMILES string of the molecule is COc1ccc(S[C@H](C)C(=O)N2CCN(C=O)CC2)cc1OC. The van der Waals surface area contributed by atoms with Crippen LogP contribution in [-0.2, 0) is 9.59 Å². The van der Waals surface area contributed by atoms with E-state index < -0.39 is 0 Å². The summed E-state index contributed by atoms with van der Waals surface area (Å²) in [5.41, 5.74) is 0. The maximum Gasteiger partial charge on any atom is 0.235 e. The van der Waals surface area contributed by atoms with Crippen LogP contribution in [-0.4, -0.2) is 67.8 Å². The van der Waals surface area contributed by atoms with Crippen molar-refractivity contribution < 1.29 is 19.1 Å². The minimum Gasteiger partial charge on any atom is -0.493 e. The number of amides is 2. The summed E-state index contributed by atoms with van der Waals surface area (Å²) >= 11 is 1.49. The lowest BCUT2D eigenvalue weighted by atomic mass is 10.3. The zero-order chi connectivity index (χ0) is 16.8. The Balaban J connectivity index is 1.97. The fourth-order valence-electron chi connectivity index (χ4n) is 2.45. The van der Waals surface area contributed by atoms with Crippen molar-refractivity contribution >= 4 is 24.1 Å². The molecule has 0 N–H and O–H groups in total. The van der Waals surface area contributed by atoms with Gasteiger partial charge in [0.2, 0.25) is 12.3 Å². The van der Waals surface area contributed by atoms with Crippen molar-refractivity contribution in [1.82, 2.24) is 9.80 Å². The van der Waals surface area contributed by atoms with E-state index in [1.165, 1.54) is 11.8 Å². The van der Waals surface area contributed by atoms with Crippen molar-refractivity contribution in [2.45, 2.75) is 17.1 Å². The van der Waals surface area contributed by atoms with Gasteiger partial charge in [0, 0.05) is 31.1 Å². The summed E-state index contributed by atoms with van der Waals surface area (Å²) in [5.74, 6) is 1.41. The number of ether oxygens (including phenoxy) is 2. The van der Waals surface area contributed by atoms with E-state index in [0.717, 1.165) is 11.3 Å². The van der Waals surface area contributed by atoms with Gasteiger partial charge >= 0.3 is 0 Å². The summed E-state index contributed by atoms with van der Waals surface area (Å²) in [6.45, 7) is 4.28. The highest BCUT2D eigenvalue weighted by molar-refractivity contribution is 8.00. The molecule has 1 aliphatic rings. The maximum atomic E-state index is 12.5. The third kappa shape index (κ3) is 4.31. The average Bonchev–Trinajstić information content (AvgIpc) is 2.60. The summed E-state index contributed by atoms with van der Waals surface area (Å²) in [5, 5.41) is -0.198. The molecule has 126 valence electrons. The van der Waals surface area contributed by atoms with Crippen LogP contribution in [0, 0.1) is 0 Å². The summed E-state index contributed by atoms with van der Waals surface area (Å²) in [6.07, 6.45) is 0.837. The molecular weight excluding hydrogens is 316 g/mol. The largest absolute Gasteiger partial charge is 0.493 e. The lowest BCUT2D eigenvalue weighted by molar-refractivity contribution is -0.134. The molecule has 1 aromatic rings. The minimum atomic E-state index is -0.198. The van der Waals surface area contributed by atoms with E-state index in [2.05, 4.69) is 0 Å². The van der Waals surface area contributed by atoms with Gasteiger partial charge in [-0.05, 0) is 25.1 Å². The van der Waals surface area contributed by atoms with Crippen LogP contribution in [0.1, 0.15) is 6.92 Å². The van der Waals surface area contributed by atoms with Crippen molar-refractivity contribution in [1.29, 1.82) is 0 Å². The van der Waals surface area contributed by atoms with Crippen LogP contribution >= 0.6 is 11.8 Å². The van der Waals surface area contributed by atoms with Crippen LogP contribution in [0.4, 0.5) is 0 Å². The number of nitrogens with zero attached hydrogens (tertiary/aromatic N) is 2. The molecule has 0 saturated carbocycles. The van der Waals surface area contributed by atoms with Gasteiger partial charge in [0.1, 0.15) is 0 Å².